The number of carbonyl (C=O) groups excluding carboxylic acids is 1. The Kier molecular flexibility index (Phi) is 7.64. The van der Waals surface area contributed by atoms with E-state index >= 15 is 0 Å². The van der Waals surface area contributed by atoms with Crippen LogP contribution in [0.3, 0.4) is 0 Å². The van der Waals surface area contributed by atoms with Crippen LogP contribution in [-0.4, -0.2) is 12.1 Å². The standard InChI is InChI=1S/C34H52O2/c1-23(2)10-9-11-24(3)29-16-17-30-28-15-14-26-22-27(36-32(35)25-12-7-6-8-13-25)18-20-33(26,4)31(28)19-21-34(29,30)5/h6-8,12-13,23-24,26-31H,9-11,14-22H2,1-5H3/t24-,26+,27+,28-,29+,30-,31-,33+,34-/m1/s1. The Morgan fingerprint density at radius 3 is 2.36 bits per heavy atom. The Morgan fingerprint density at radius 1 is 0.889 bits per heavy atom. The summed E-state index contributed by atoms with van der Waals surface area (Å²) in [7, 11) is 0. The summed E-state index contributed by atoms with van der Waals surface area (Å²) in [5.74, 6) is 6.01. The number of esters is 1. The highest BCUT2D eigenvalue weighted by Crippen LogP contribution is 2.68. The Balaban J connectivity index is 1.22. The van der Waals surface area contributed by atoms with Gasteiger partial charge in [0.05, 0.1) is 5.56 Å². The van der Waals surface area contributed by atoms with Gasteiger partial charge in [-0.25, -0.2) is 4.79 Å². The topological polar surface area (TPSA) is 26.3 Å². The predicted molar refractivity (Wildman–Crippen MR) is 149 cm³/mol. The molecule has 0 spiro atoms. The van der Waals surface area contributed by atoms with E-state index in [0.717, 1.165) is 54.3 Å². The number of benzene rings is 1. The van der Waals surface area contributed by atoms with Crippen molar-refractivity contribution in [3.8, 4) is 0 Å². The van der Waals surface area contributed by atoms with E-state index in [1.165, 1.54) is 64.2 Å². The minimum atomic E-state index is -0.133. The monoisotopic (exact) mass is 492 g/mol. The van der Waals surface area contributed by atoms with Crippen LogP contribution < -0.4 is 0 Å². The molecule has 4 saturated carbocycles. The van der Waals surface area contributed by atoms with Crippen molar-refractivity contribution in [2.75, 3.05) is 0 Å². The van der Waals surface area contributed by atoms with Crippen LogP contribution in [-0.2, 0) is 4.74 Å². The highest BCUT2D eigenvalue weighted by atomic mass is 16.5. The van der Waals surface area contributed by atoms with Gasteiger partial charge in [-0.15, -0.1) is 0 Å². The summed E-state index contributed by atoms with van der Waals surface area (Å²) in [4.78, 5) is 12.7. The largest absolute Gasteiger partial charge is 0.459 e. The summed E-state index contributed by atoms with van der Waals surface area (Å²) < 4.78 is 6.04. The summed E-state index contributed by atoms with van der Waals surface area (Å²) >= 11 is 0. The molecule has 0 bridgehead atoms. The van der Waals surface area contributed by atoms with Crippen molar-refractivity contribution >= 4 is 5.97 Å². The minimum absolute atomic E-state index is 0.101. The lowest BCUT2D eigenvalue weighted by Gasteiger charge is -2.61. The number of rotatable bonds is 7. The van der Waals surface area contributed by atoms with Gasteiger partial charge in [0.25, 0.3) is 0 Å². The van der Waals surface area contributed by atoms with Crippen LogP contribution in [0.25, 0.3) is 0 Å². The van der Waals surface area contributed by atoms with E-state index in [0.29, 0.717) is 16.4 Å². The fourth-order valence-electron chi connectivity index (χ4n) is 10.1. The molecule has 4 aliphatic rings. The van der Waals surface area contributed by atoms with Crippen LogP contribution in [0.15, 0.2) is 30.3 Å². The van der Waals surface area contributed by atoms with Gasteiger partial charge in [0.2, 0.25) is 0 Å². The van der Waals surface area contributed by atoms with Crippen molar-refractivity contribution in [3.05, 3.63) is 35.9 Å². The fourth-order valence-corrected chi connectivity index (χ4v) is 10.1. The second-order valence-electron chi connectivity index (χ2n) is 14.4. The van der Waals surface area contributed by atoms with Crippen LogP contribution >= 0.6 is 0 Å². The Hall–Kier alpha value is -1.31. The molecule has 0 heterocycles. The van der Waals surface area contributed by atoms with Gasteiger partial charge in [-0.3, -0.25) is 0 Å². The lowest BCUT2D eigenvalue weighted by molar-refractivity contribution is -0.130. The minimum Gasteiger partial charge on any atom is -0.459 e. The maximum absolute atomic E-state index is 12.7. The molecule has 5 rings (SSSR count). The zero-order chi connectivity index (χ0) is 25.5. The third kappa shape index (κ3) is 4.80. The molecule has 0 radical (unpaired) electrons. The Morgan fingerprint density at radius 2 is 1.61 bits per heavy atom. The van der Waals surface area contributed by atoms with Gasteiger partial charge >= 0.3 is 5.97 Å². The summed E-state index contributed by atoms with van der Waals surface area (Å²) in [6.45, 7) is 12.7. The average Bonchev–Trinajstić information content (AvgIpc) is 3.22. The zero-order valence-corrected chi connectivity index (χ0v) is 23.8. The maximum Gasteiger partial charge on any atom is 0.338 e. The molecule has 0 aliphatic heterocycles. The molecule has 0 N–H and O–H groups in total. The number of carbonyl (C=O) groups is 1. The van der Waals surface area contributed by atoms with Gasteiger partial charge in [-0.1, -0.05) is 72.1 Å². The van der Waals surface area contributed by atoms with Crippen LogP contribution in [0.4, 0.5) is 0 Å². The van der Waals surface area contributed by atoms with E-state index < -0.39 is 0 Å². The molecule has 4 fully saturated rings. The molecule has 0 amide bonds. The van der Waals surface area contributed by atoms with E-state index in [2.05, 4.69) is 34.6 Å². The fraction of sp³-hybridized carbons (Fsp3) is 0.794. The van der Waals surface area contributed by atoms with Crippen LogP contribution in [0.5, 0.6) is 0 Å². The molecular formula is C34H52O2. The molecule has 0 unspecified atom stereocenters. The van der Waals surface area contributed by atoms with Crippen molar-refractivity contribution in [1.82, 2.24) is 0 Å². The first-order valence-corrected chi connectivity index (χ1v) is 15.5. The Labute approximate surface area is 221 Å². The molecule has 36 heavy (non-hydrogen) atoms. The van der Waals surface area contributed by atoms with Crippen LogP contribution in [0.2, 0.25) is 0 Å². The molecule has 4 aliphatic carbocycles. The average molecular weight is 493 g/mol. The van der Waals surface area contributed by atoms with Gasteiger partial charge in [-0.2, -0.15) is 0 Å². The molecule has 0 saturated heterocycles. The first-order chi connectivity index (χ1) is 17.2. The normalized spacial score (nSPS) is 40.7. The molecule has 200 valence electrons. The molecule has 1 aromatic rings. The molecule has 0 aromatic heterocycles. The number of ether oxygens (including phenoxy) is 1. The smallest absolute Gasteiger partial charge is 0.338 e. The molecule has 1 aromatic carbocycles. The summed E-state index contributed by atoms with van der Waals surface area (Å²) in [5.41, 5.74) is 1.71. The second-order valence-corrected chi connectivity index (χ2v) is 14.4. The number of hydrogen-bond donors (Lipinski definition) is 0. The van der Waals surface area contributed by atoms with Gasteiger partial charge in [0.15, 0.2) is 0 Å². The first-order valence-electron chi connectivity index (χ1n) is 15.5. The third-order valence-electron chi connectivity index (χ3n) is 12.1. The van der Waals surface area contributed by atoms with Crippen LogP contribution in [0, 0.1) is 52.3 Å². The highest BCUT2D eigenvalue weighted by molar-refractivity contribution is 5.89. The number of fused-ring (bicyclic) bond motifs is 5. The van der Waals surface area contributed by atoms with Gasteiger partial charge in [-0.05, 0) is 122 Å². The van der Waals surface area contributed by atoms with E-state index in [1.54, 1.807) is 0 Å². The lowest BCUT2D eigenvalue weighted by Crippen LogP contribution is -2.54. The lowest BCUT2D eigenvalue weighted by atomic mass is 9.44. The van der Waals surface area contributed by atoms with Crippen molar-refractivity contribution in [3.63, 3.8) is 0 Å². The molecule has 9 atom stereocenters. The quantitative estimate of drug-likeness (QED) is 0.354. The zero-order valence-electron chi connectivity index (χ0n) is 23.8. The Bertz CT molecular complexity index is 892. The van der Waals surface area contributed by atoms with Crippen LogP contribution in [0.1, 0.15) is 122 Å². The van der Waals surface area contributed by atoms with E-state index in [4.69, 9.17) is 4.74 Å². The van der Waals surface area contributed by atoms with Gasteiger partial charge < -0.3 is 4.74 Å². The highest BCUT2D eigenvalue weighted by Gasteiger charge is 2.60. The summed E-state index contributed by atoms with van der Waals surface area (Å²) in [6, 6.07) is 9.55. The molecule has 2 nitrogen and oxygen atoms in total. The van der Waals surface area contributed by atoms with Crippen molar-refractivity contribution in [2.24, 2.45) is 52.3 Å². The molecular weight excluding hydrogens is 440 g/mol. The second kappa shape index (κ2) is 10.5. The van der Waals surface area contributed by atoms with E-state index in [9.17, 15) is 4.79 Å². The molecule has 2 heteroatoms. The van der Waals surface area contributed by atoms with Crippen molar-refractivity contribution < 1.29 is 9.53 Å². The van der Waals surface area contributed by atoms with Crippen molar-refractivity contribution in [2.45, 2.75) is 118 Å². The van der Waals surface area contributed by atoms with Gasteiger partial charge in [0, 0.05) is 0 Å². The summed E-state index contributed by atoms with van der Waals surface area (Å²) in [5, 5.41) is 0. The predicted octanol–water partition coefficient (Wildman–Crippen LogP) is 9.33. The third-order valence-corrected chi connectivity index (χ3v) is 12.1. The van der Waals surface area contributed by atoms with Crippen molar-refractivity contribution in [1.29, 1.82) is 0 Å². The van der Waals surface area contributed by atoms with E-state index in [1.807, 2.05) is 30.3 Å². The summed E-state index contributed by atoms with van der Waals surface area (Å²) in [6.07, 6.45) is 16.3. The first kappa shape index (κ1) is 26.3. The SMILES string of the molecule is CC(C)CCC[C@@H](C)[C@@H]1CC[C@@H]2[C@H]3CC[C@H]4C[C@@H](OC(=O)c5ccccc5)CC[C@]4(C)[C@@H]3CC[C@@]21C. The number of hydrogen-bond acceptors (Lipinski definition) is 2. The maximum atomic E-state index is 12.7. The van der Waals surface area contributed by atoms with Gasteiger partial charge in [0.1, 0.15) is 6.10 Å². The van der Waals surface area contributed by atoms with E-state index in [-0.39, 0.29) is 12.1 Å².